The summed E-state index contributed by atoms with van der Waals surface area (Å²) < 4.78 is 13.2. The van der Waals surface area contributed by atoms with Crippen LogP contribution in [0.4, 0.5) is 4.39 Å². The number of benzene rings is 1. The Balaban J connectivity index is 2.48. The van der Waals surface area contributed by atoms with Crippen molar-refractivity contribution in [3.05, 3.63) is 46.9 Å². The fourth-order valence-corrected chi connectivity index (χ4v) is 2.70. The van der Waals surface area contributed by atoms with Crippen LogP contribution in [0.5, 0.6) is 0 Å². The summed E-state index contributed by atoms with van der Waals surface area (Å²) in [6, 6.07) is 5.69. The highest BCUT2D eigenvalue weighted by atomic mass is 32.1. The van der Waals surface area contributed by atoms with Crippen LogP contribution in [0.25, 0.3) is 0 Å². The van der Waals surface area contributed by atoms with Crippen LogP contribution in [-0.2, 0) is 4.79 Å². The molecule has 0 spiro atoms. The van der Waals surface area contributed by atoms with Crippen molar-refractivity contribution in [3.8, 4) is 0 Å². The van der Waals surface area contributed by atoms with Gasteiger partial charge in [-0.05, 0) is 57.6 Å². The zero-order valence-corrected chi connectivity index (χ0v) is 14.8. The third-order valence-electron chi connectivity index (χ3n) is 3.69. The molecule has 1 aromatic carbocycles. The fraction of sp³-hybridized carbons (Fsp3) is 0.412. The van der Waals surface area contributed by atoms with Gasteiger partial charge in [-0.2, -0.15) is 0 Å². The Morgan fingerprint density at radius 2 is 1.87 bits per heavy atom. The highest BCUT2D eigenvalue weighted by Crippen LogP contribution is 2.30. The maximum atomic E-state index is 13.2. The highest BCUT2D eigenvalue weighted by Gasteiger charge is 2.33. The molecule has 2 rings (SSSR count). The molecule has 6 heteroatoms. The number of carbonyl (C=O) groups is 1. The second-order valence-electron chi connectivity index (χ2n) is 6.70. The van der Waals surface area contributed by atoms with Gasteiger partial charge in [-0.25, -0.2) is 4.39 Å². The molecule has 0 saturated carbocycles. The number of allylic oxidation sites excluding steroid dienone is 1. The van der Waals surface area contributed by atoms with Crippen molar-refractivity contribution in [2.75, 3.05) is 7.05 Å². The Morgan fingerprint density at radius 3 is 2.39 bits per heavy atom. The maximum Gasteiger partial charge on any atom is 0.251 e. The van der Waals surface area contributed by atoms with Gasteiger partial charge in [0.1, 0.15) is 5.82 Å². The van der Waals surface area contributed by atoms with Crippen LogP contribution in [-0.4, -0.2) is 28.5 Å². The Bertz CT molecular complexity index is 661. The minimum atomic E-state index is -0.401. The number of carbonyl (C=O) groups excluding carboxylic acids is 1. The summed E-state index contributed by atoms with van der Waals surface area (Å²) in [6.07, 6.45) is 0. The van der Waals surface area contributed by atoms with E-state index in [0.29, 0.717) is 10.7 Å². The highest BCUT2D eigenvalue weighted by molar-refractivity contribution is 7.80. The van der Waals surface area contributed by atoms with E-state index in [1.807, 2.05) is 34.7 Å². The van der Waals surface area contributed by atoms with Crippen molar-refractivity contribution in [2.24, 2.45) is 0 Å². The van der Waals surface area contributed by atoms with Crippen LogP contribution in [0, 0.1) is 5.82 Å². The van der Waals surface area contributed by atoms with Gasteiger partial charge >= 0.3 is 0 Å². The van der Waals surface area contributed by atoms with E-state index >= 15 is 0 Å². The molecule has 1 aliphatic rings. The standard InChI is InChI=1S/C17H22FN3OS/c1-10-13(15(22)20-17(2,3)4)14(19-16(23)21(10)5)11-6-8-12(18)9-7-11/h6-9,14H,1-5H3,(H,19,23)(H,20,22). The van der Waals surface area contributed by atoms with Gasteiger partial charge in [0, 0.05) is 18.3 Å². The summed E-state index contributed by atoms with van der Waals surface area (Å²) >= 11 is 5.33. The average molecular weight is 335 g/mol. The van der Waals surface area contributed by atoms with Crippen molar-refractivity contribution in [1.29, 1.82) is 0 Å². The normalized spacial score (nSPS) is 18.8. The molecule has 4 nitrogen and oxygen atoms in total. The minimum Gasteiger partial charge on any atom is -0.351 e. The average Bonchev–Trinajstić information content (AvgIpc) is 2.43. The largest absolute Gasteiger partial charge is 0.351 e. The lowest BCUT2D eigenvalue weighted by atomic mass is 9.93. The first-order chi connectivity index (χ1) is 10.6. The topological polar surface area (TPSA) is 44.4 Å². The van der Waals surface area contributed by atoms with Crippen molar-refractivity contribution < 1.29 is 9.18 Å². The van der Waals surface area contributed by atoms with E-state index in [1.54, 1.807) is 17.0 Å². The van der Waals surface area contributed by atoms with E-state index in [9.17, 15) is 9.18 Å². The summed E-state index contributed by atoms with van der Waals surface area (Å²) in [5.74, 6) is -0.475. The predicted octanol–water partition coefficient (Wildman–Crippen LogP) is 2.88. The Labute approximate surface area is 141 Å². The number of amides is 1. The zero-order chi connectivity index (χ0) is 17.4. The summed E-state index contributed by atoms with van der Waals surface area (Å²) in [4.78, 5) is 14.5. The van der Waals surface area contributed by atoms with Crippen LogP contribution in [0.1, 0.15) is 39.3 Å². The molecule has 1 amide bonds. The van der Waals surface area contributed by atoms with Crippen LogP contribution in [0.15, 0.2) is 35.5 Å². The van der Waals surface area contributed by atoms with Crippen LogP contribution in [0.3, 0.4) is 0 Å². The van der Waals surface area contributed by atoms with Crippen molar-refractivity contribution >= 4 is 23.2 Å². The molecule has 23 heavy (non-hydrogen) atoms. The number of hydrogen-bond donors (Lipinski definition) is 2. The molecule has 0 saturated heterocycles. The quantitative estimate of drug-likeness (QED) is 0.816. The fourth-order valence-electron chi connectivity index (χ4n) is 2.44. The van der Waals surface area contributed by atoms with E-state index in [4.69, 9.17) is 12.2 Å². The first-order valence-electron chi connectivity index (χ1n) is 7.43. The van der Waals surface area contributed by atoms with Gasteiger partial charge in [0.15, 0.2) is 5.11 Å². The molecular formula is C17H22FN3OS. The molecule has 0 aromatic heterocycles. The van der Waals surface area contributed by atoms with Gasteiger partial charge in [-0.3, -0.25) is 4.79 Å². The molecule has 0 bridgehead atoms. The second-order valence-corrected chi connectivity index (χ2v) is 7.08. The predicted molar refractivity (Wildman–Crippen MR) is 93.2 cm³/mol. The van der Waals surface area contributed by atoms with E-state index in [-0.39, 0.29) is 17.3 Å². The lowest BCUT2D eigenvalue weighted by molar-refractivity contribution is -0.119. The minimum absolute atomic E-state index is 0.161. The maximum absolute atomic E-state index is 13.2. The van der Waals surface area contributed by atoms with Gasteiger partial charge in [0.05, 0.1) is 11.6 Å². The monoisotopic (exact) mass is 335 g/mol. The zero-order valence-electron chi connectivity index (χ0n) is 14.0. The Kier molecular flexibility index (Phi) is 4.75. The van der Waals surface area contributed by atoms with Crippen molar-refractivity contribution in [1.82, 2.24) is 15.5 Å². The van der Waals surface area contributed by atoms with Crippen LogP contribution in [0.2, 0.25) is 0 Å². The number of hydrogen-bond acceptors (Lipinski definition) is 2. The number of halogens is 1. The van der Waals surface area contributed by atoms with Gasteiger partial charge in [0.25, 0.3) is 5.91 Å². The number of nitrogens with one attached hydrogen (secondary N) is 2. The first kappa shape index (κ1) is 17.4. The van der Waals surface area contributed by atoms with Gasteiger partial charge in [-0.15, -0.1) is 0 Å². The lowest BCUT2D eigenvalue weighted by Crippen LogP contribution is -2.50. The lowest BCUT2D eigenvalue weighted by Gasteiger charge is -2.36. The van der Waals surface area contributed by atoms with Gasteiger partial charge in [0.2, 0.25) is 0 Å². The number of rotatable bonds is 2. The second kappa shape index (κ2) is 6.28. The van der Waals surface area contributed by atoms with E-state index in [2.05, 4.69) is 10.6 Å². The Hall–Kier alpha value is -1.95. The molecular weight excluding hydrogens is 313 g/mol. The third kappa shape index (κ3) is 3.88. The van der Waals surface area contributed by atoms with Gasteiger partial charge < -0.3 is 15.5 Å². The number of nitrogens with zero attached hydrogens (tertiary/aromatic N) is 1. The summed E-state index contributed by atoms with van der Waals surface area (Å²) in [5, 5.41) is 6.68. The number of thiocarbonyl (C=S) groups is 1. The SMILES string of the molecule is CC1=C(C(=O)NC(C)(C)C)C(c2ccc(F)cc2)NC(=S)N1C. The first-order valence-corrected chi connectivity index (χ1v) is 7.84. The summed E-state index contributed by atoms with van der Waals surface area (Å²) in [5.41, 5.74) is 1.81. The smallest absolute Gasteiger partial charge is 0.251 e. The van der Waals surface area contributed by atoms with Crippen LogP contribution >= 0.6 is 12.2 Å². The molecule has 1 heterocycles. The van der Waals surface area contributed by atoms with Crippen molar-refractivity contribution in [3.63, 3.8) is 0 Å². The molecule has 0 fully saturated rings. The molecule has 0 aliphatic carbocycles. The molecule has 1 aromatic rings. The Morgan fingerprint density at radius 1 is 1.30 bits per heavy atom. The molecule has 1 unspecified atom stereocenters. The van der Waals surface area contributed by atoms with E-state index < -0.39 is 6.04 Å². The van der Waals surface area contributed by atoms with E-state index in [1.165, 1.54) is 12.1 Å². The molecule has 124 valence electrons. The summed E-state index contributed by atoms with van der Waals surface area (Å²) in [6.45, 7) is 7.65. The third-order valence-corrected chi connectivity index (χ3v) is 4.08. The van der Waals surface area contributed by atoms with E-state index in [0.717, 1.165) is 11.3 Å². The summed E-state index contributed by atoms with van der Waals surface area (Å²) in [7, 11) is 1.82. The molecule has 0 radical (unpaired) electrons. The molecule has 2 N–H and O–H groups in total. The van der Waals surface area contributed by atoms with Crippen molar-refractivity contribution in [2.45, 2.75) is 39.3 Å². The molecule has 1 atom stereocenters. The van der Waals surface area contributed by atoms with Gasteiger partial charge in [-0.1, -0.05) is 12.1 Å². The molecule has 1 aliphatic heterocycles. The van der Waals surface area contributed by atoms with Crippen LogP contribution < -0.4 is 10.6 Å².